The molecule has 0 saturated heterocycles. The van der Waals surface area contributed by atoms with E-state index >= 15 is 0 Å². The number of halogens is 1. The first-order valence-electron chi connectivity index (χ1n) is 4.81. The summed E-state index contributed by atoms with van der Waals surface area (Å²) in [6.45, 7) is 2.00. The molecule has 1 atom stereocenters. The van der Waals surface area contributed by atoms with E-state index in [-0.39, 0.29) is 6.54 Å². The molecule has 1 aliphatic rings. The first-order chi connectivity index (χ1) is 5.73. The maximum Gasteiger partial charge on any atom is 0.143 e. The summed E-state index contributed by atoms with van der Waals surface area (Å²) in [6, 6.07) is 0. The zero-order valence-corrected chi connectivity index (χ0v) is 7.78. The average molecular weight is 171 g/mol. The van der Waals surface area contributed by atoms with Crippen LogP contribution in [0.4, 0.5) is 4.39 Å². The summed E-state index contributed by atoms with van der Waals surface area (Å²) in [6.07, 6.45) is 6.81. The van der Waals surface area contributed by atoms with Crippen LogP contribution in [0, 0.1) is 0 Å². The molecule has 0 saturated carbocycles. The molecule has 0 amide bonds. The van der Waals surface area contributed by atoms with Crippen molar-refractivity contribution in [2.45, 2.75) is 44.7 Å². The Kier molecular flexibility index (Phi) is 3.27. The second kappa shape index (κ2) is 4.04. The average Bonchev–Trinajstić information content (AvgIpc) is 2.18. The number of hydrogen-bond donors (Lipinski definition) is 1. The Labute approximate surface area is 73.8 Å². The molecule has 0 aromatic heterocycles. The van der Waals surface area contributed by atoms with Crippen LogP contribution in [0.25, 0.3) is 0 Å². The predicted octanol–water partition coefficient (Wildman–Crippen LogP) is 2.56. The second-order valence-electron chi connectivity index (χ2n) is 3.50. The highest BCUT2D eigenvalue weighted by Gasteiger charge is 2.30. The highest BCUT2D eigenvalue weighted by atomic mass is 19.1. The zero-order chi connectivity index (χ0) is 9.03. The van der Waals surface area contributed by atoms with Gasteiger partial charge in [0.15, 0.2) is 0 Å². The SMILES string of the molecule is CCC(F)(CN)C1=CCCCC1. The quantitative estimate of drug-likeness (QED) is 0.649. The number of alkyl halides is 1. The first kappa shape index (κ1) is 9.72. The van der Waals surface area contributed by atoms with Crippen LogP contribution in [-0.4, -0.2) is 12.2 Å². The Morgan fingerprint density at radius 1 is 1.58 bits per heavy atom. The number of allylic oxidation sites excluding steroid dienone is 1. The topological polar surface area (TPSA) is 26.0 Å². The van der Waals surface area contributed by atoms with Crippen molar-refractivity contribution in [3.05, 3.63) is 11.6 Å². The summed E-state index contributed by atoms with van der Waals surface area (Å²) in [7, 11) is 0. The van der Waals surface area contributed by atoms with E-state index in [1.807, 2.05) is 13.0 Å². The summed E-state index contributed by atoms with van der Waals surface area (Å²) in [4.78, 5) is 0. The fourth-order valence-corrected chi connectivity index (χ4v) is 1.75. The maximum atomic E-state index is 13.9. The number of hydrogen-bond acceptors (Lipinski definition) is 1. The first-order valence-corrected chi connectivity index (χ1v) is 4.81. The Bertz CT molecular complexity index is 171. The minimum absolute atomic E-state index is 0.134. The summed E-state index contributed by atoms with van der Waals surface area (Å²) in [5.41, 5.74) is 5.17. The Hall–Kier alpha value is -0.370. The maximum absolute atomic E-state index is 13.9. The van der Waals surface area contributed by atoms with Gasteiger partial charge in [0.25, 0.3) is 0 Å². The van der Waals surface area contributed by atoms with Gasteiger partial charge in [0.05, 0.1) is 0 Å². The molecule has 0 fully saturated rings. The Morgan fingerprint density at radius 3 is 2.75 bits per heavy atom. The molecule has 2 N–H and O–H groups in total. The highest BCUT2D eigenvalue weighted by Crippen LogP contribution is 2.32. The lowest BCUT2D eigenvalue weighted by Crippen LogP contribution is -2.35. The van der Waals surface area contributed by atoms with E-state index in [4.69, 9.17) is 5.73 Å². The largest absolute Gasteiger partial charge is 0.327 e. The van der Waals surface area contributed by atoms with Gasteiger partial charge in [-0.05, 0) is 37.7 Å². The van der Waals surface area contributed by atoms with Gasteiger partial charge in [0, 0.05) is 6.54 Å². The van der Waals surface area contributed by atoms with Crippen LogP contribution < -0.4 is 5.73 Å². The third-order valence-corrected chi connectivity index (χ3v) is 2.75. The van der Waals surface area contributed by atoms with Gasteiger partial charge in [-0.2, -0.15) is 0 Å². The smallest absolute Gasteiger partial charge is 0.143 e. The van der Waals surface area contributed by atoms with Gasteiger partial charge < -0.3 is 5.73 Å². The van der Waals surface area contributed by atoms with Crippen LogP contribution >= 0.6 is 0 Å². The van der Waals surface area contributed by atoms with E-state index in [2.05, 4.69) is 0 Å². The molecule has 0 aliphatic heterocycles. The van der Waals surface area contributed by atoms with Crippen molar-refractivity contribution in [3.8, 4) is 0 Å². The van der Waals surface area contributed by atoms with Crippen molar-refractivity contribution in [2.75, 3.05) is 6.54 Å². The number of nitrogens with two attached hydrogens (primary N) is 1. The van der Waals surface area contributed by atoms with Gasteiger partial charge in [0.1, 0.15) is 5.67 Å². The van der Waals surface area contributed by atoms with Crippen molar-refractivity contribution >= 4 is 0 Å². The van der Waals surface area contributed by atoms with Crippen LogP contribution in [0.5, 0.6) is 0 Å². The van der Waals surface area contributed by atoms with E-state index in [1.54, 1.807) is 0 Å². The molecule has 0 aromatic rings. The summed E-state index contributed by atoms with van der Waals surface area (Å²) in [5.74, 6) is 0. The predicted molar refractivity (Wildman–Crippen MR) is 49.7 cm³/mol. The van der Waals surface area contributed by atoms with Gasteiger partial charge in [0.2, 0.25) is 0 Å². The highest BCUT2D eigenvalue weighted by molar-refractivity contribution is 5.19. The minimum atomic E-state index is -1.21. The normalized spacial score (nSPS) is 23.1. The molecule has 0 spiro atoms. The Balaban J connectivity index is 2.70. The van der Waals surface area contributed by atoms with E-state index < -0.39 is 5.67 Å². The van der Waals surface area contributed by atoms with E-state index in [9.17, 15) is 4.39 Å². The molecule has 1 rings (SSSR count). The molecule has 1 unspecified atom stereocenters. The fourth-order valence-electron chi connectivity index (χ4n) is 1.75. The molecule has 0 bridgehead atoms. The van der Waals surface area contributed by atoms with E-state index in [0.29, 0.717) is 6.42 Å². The van der Waals surface area contributed by atoms with Crippen molar-refractivity contribution in [1.82, 2.24) is 0 Å². The molecule has 1 nitrogen and oxygen atoms in total. The molecule has 12 heavy (non-hydrogen) atoms. The molecule has 1 aliphatic carbocycles. The van der Waals surface area contributed by atoms with Crippen molar-refractivity contribution in [1.29, 1.82) is 0 Å². The van der Waals surface area contributed by atoms with Gasteiger partial charge >= 0.3 is 0 Å². The van der Waals surface area contributed by atoms with E-state index in [1.165, 1.54) is 6.42 Å². The van der Waals surface area contributed by atoms with Crippen molar-refractivity contribution in [2.24, 2.45) is 5.73 Å². The van der Waals surface area contributed by atoms with Crippen molar-refractivity contribution in [3.63, 3.8) is 0 Å². The fraction of sp³-hybridized carbons (Fsp3) is 0.800. The summed E-state index contributed by atoms with van der Waals surface area (Å²) in [5, 5.41) is 0. The van der Waals surface area contributed by atoms with Gasteiger partial charge in [-0.3, -0.25) is 0 Å². The minimum Gasteiger partial charge on any atom is -0.327 e. The van der Waals surface area contributed by atoms with Crippen LogP contribution in [0.15, 0.2) is 11.6 Å². The molecule has 0 radical (unpaired) electrons. The molecule has 0 aromatic carbocycles. The molecule has 0 heterocycles. The van der Waals surface area contributed by atoms with E-state index in [0.717, 1.165) is 24.8 Å². The third kappa shape index (κ3) is 1.86. The number of rotatable bonds is 3. The standard InChI is InChI=1S/C10H18FN/c1-2-10(11,8-12)9-6-4-3-5-7-9/h6H,2-5,7-8,12H2,1H3. The lowest BCUT2D eigenvalue weighted by Gasteiger charge is -2.27. The molecule has 2 heteroatoms. The Morgan fingerprint density at radius 2 is 2.33 bits per heavy atom. The van der Waals surface area contributed by atoms with Crippen LogP contribution in [-0.2, 0) is 0 Å². The molecule has 70 valence electrons. The van der Waals surface area contributed by atoms with Crippen LogP contribution in [0.1, 0.15) is 39.0 Å². The molecular formula is C10H18FN. The molecular weight excluding hydrogens is 153 g/mol. The zero-order valence-electron chi connectivity index (χ0n) is 7.78. The second-order valence-corrected chi connectivity index (χ2v) is 3.50. The lowest BCUT2D eigenvalue weighted by atomic mass is 9.85. The lowest BCUT2D eigenvalue weighted by molar-refractivity contribution is 0.205. The van der Waals surface area contributed by atoms with Gasteiger partial charge in [-0.15, -0.1) is 0 Å². The monoisotopic (exact) mass is 171 g/mol. The summed E-state index contributed by atoms with van der Waals surface area (Å²) >= 11 is 0. The van der Waals surface area contributed by atoms with Gasteiger partial charge in [-0.25, -0.2) is 4.39 Å². The third-order valence-electron chi connectivity index (χ3n) is 2.75. The van der Waals surface area contributed by atoms with Gasteiger partial charge in [-0.1, -0.05) is 13.0 Å². The van der Waals surface area contributed by atoms with Crippen molar-refractivity contribution < 1.29 is 4.39 Å². The van der Waals surface area contributed by atoms with Crippen LogP contribution in [0.2, 0.25) is 0 Å². The summed E-state index contributed by atoms with van der Waals surface area (Å²) < 4.78 is 13.9. The van der Waals surface area contributed by atoms with Crippen LogP contribution in [0.3, 0.4) is 0 Å².